The maximum Gasteiger partial charge on any atom is 0.236 e. The van der Waals surface area contributed by atoms with Crippen molar-refractivity contribution < 1.29 is 9.59 Å². The standard InChI is InChI=1S/C20H29N3O2/c1-16(24)21-18-10-7-13-23(15-20(25)22-11-5-6-12-22)19(18)14-17-8-3-2-4-9-17/h2-4,8-9,18-19H,5-7,10-15H2,1H3,(H,21,24)/t18-,19-/m0/s1. The Morgan fingerprint density at radius 2 is 1.80 bits per heavy atom. The van der Waals surface area contributed by atoms with E-state index in [9.17, 15) is 9.59 Å². The molecule has 0 radical (unpaired) electrons. The van der Waals surface area contributed by atoms with Crippen molar-refractivity contribution in [2.75, 3.05) is 26.2 Å². The average molecular weight is 343 g/mol. The second-order valence-corrected chi connectivity index (χ2v) is 7.26. The number of amides is 2. The van der Waals surface area contributed by atoms with Crippen molar-refractivity contribution in [3.8, 4) is 0 Å². The molecule has 5 heteroatoms. The van der Waals surface area contributed by atoms with Crippen molar-refractivity contribution in [1.82, 2.24) is 15.1 Å². The van der Waals surface area contributed by atoms with E-state index in [-0.39, 0.29) is 23.9 Å². The van der Waals surface area contributed by atoms with E-state index < -0.39 is 0 Å². The van der Waals surface area contributed by atoms with E-state index in [1.54, 1.807) is 6.92 Å². The Hall–Kier alpha value is -1.88. The molecule has 0 bridgehead atoms. The molecule has 2 amide bonds. The SMILES string of the molecule is CC(=O)N[C@H]1CCCN(CC(=O)N2CCCC2)[C@H]1Cc1ccccc1. The fourth-order valence-electron chi connectivity index (χ4n) is 4.12. The topological polar surface area (TPSA) is 52.7 Å². The van der Waals surface area contributed by atoms with Crippen LogP contribution in [0.2, 0.25) is 0 Å². The van der Waals surface area contributed by atoms with Gasteiger partial charge in [-0.05, 0) is 44.2 Å². The van der Waals surface area contributed by atoms with Crippen LogP contribution in [0.5, 0.6) is 0 Å². The fraction of sp³-hybridized carbons (Fsp3) is 0.600. The molecule has 1 aromatic carbocycles. The molecule has 2 fully saturated rings. The zero-order chi connectivity index (χ0) is 17.6. The lowest BCUT2D eigenvalue weighted by Gasteiger charge is -2.42. The van der Waals surface area contributed by atoms with E-state index >= 15 is 0 Å². The van der Waals surface area contributed by atoms with Gasteiger partial charge in [-0.3, -0.25) is 14.5 Å². The number of nitrogens with zero attached hydrogens (tertiary/aromatic N) is 2. The highest BCUT2D eigenvalue weighted by atomic mass is 16.2. The first-order valence-corrected chi connectivity index (χ1v) is 9.46. The summed E-state index contributed by atoms with van der Waals surface area (Å²) in [7, 11) is 0. The molecular weight excluding hydrogens is 314 g/mol. The van der Waals surface area contributed by atoms with Crippen molar-refractivity contribution >= 4 is 11.8 Å². The number of rotatable bonds is 5. The molecule has 0 spiro atoms. The van der Waals surface area contributed by atoms with E-state index in [2.05, 4.69) is 22.3 Å². The fourth-order valence-corrected chi connectivity index (χ4v) is 4.12. The van der Waals surface area contributed by atoms with Crippen LogP contribution in [-0.2, 0) is 16.0 Å². The van der Waals surface area contributed by atoms with E-state index in [1.165, 1.54) is 5.56 Å². The highest BCUT2D eigenvalue weighted by molar-refractivity contribution is 5.78. The van der Waals surface area contributed by atoms with Gasteiger partial charge in [0.05, 0.1) is 6.54 Å². The molecule has 0 unspecified atom stereocenters. The van der Waals surface area contributed by atoms with Crippen LogP contribution in [0.4, 0.5) is 0 Å². The Morgan fingerprint density at radius 3 is 2.48 bits per heavy atom. The molecular formula is C20H29N3O2. The van der Waals surface area contributed by atoms with Crippen molar-refractivity contribution in [1.29, 1.82) is 0 Å². The van der Waals surface area contributed by atoms with Gasteiger partial charge >= 0.3 is 0 Å². The minimum Gasteiger partial charge on any atom is -0.352 e. The first-order valence-electron chi connectivity index (χ1n) is 9.46. The van der Waals surface area contributed by atoms with Gasteiger partial charge in [-0.25, -0.2) is 0 Å². The second kappa shape index (κ2) is 8.48. The number of benzene rings is 1. The number of hydrogen-bond donors (Lipinski definition) is 1. The first-order chi connectivity index (χ1) is 12.1. The van der Waals surface area contributed by atoms with Crippen molar-refractivity contribution in [2.24, 2.45) is 0 Å². The molecule has 0 aliphatic carbocycles. The highest BCUT2D eigenvalue weighted by Gasteiger charge is 2.34. The van der Waals surface area contributed by atoms with Crippen LogP contribution in [0.15, 0.2) is 30.3 Å². The normalized spacial score (nSPS) is 24.3. The van der Waals surface area contributed by atoms with Crippen LogP contribution in [0.25, 0.3) is 0 Å². The van der Waals surface area contributed by atoms with Crippen LogP contribution < -0.4 is 5.32 Å². The molecule has 0 aromatic heterocycles. The summed E-state index contributed by atoms with van der Waals surface area (Å²) in [5.74, 6) is 0.245. The van der Waals surface area contributed by atoms with Gasteiger partial charge in [-0.2, -0.15) is 0 Å². The summed E-state index contributed by atoms with van der Waals surface area (Å²) < 4.78 is 0. The monoisotopic (exact) mass is 343 g/mol. The molecule has 1 N–H and O–H groups in total. The number of piperidine rings is 1. The van der Waals surface area contributed by atoms with E-state index in [1.807, 2.05) is 23.1 Å². The van der Waals surface area contributed by atoms with Gasteiger partial charge in [0.15, 0.2) is 0 Å². The molecule has 136 valence electrons. The third-order valence-electron chi connectivity index (χ3n) is 5.37. The molecule has 2 heterocycles. The molecule has 3 rings (SSSR count). The Morgan fingerprint density at radius 1 is 1.08 bits per heavy atom. The minimum absolute atomic E-state index is 0.00998. The van der Waals surface area contributed by atoms with E-state index in [0.717, 1.165) is 51.7 Å². The van der Waals surface area contributed by atoms with Gasteiger partial charge in [0.2, 0.25) is 11.8 Å². The largest absolute Gasteiger partial charge is 0.352 e. The zero-order valence-corrected chi connectivity index (χ0v) is 15.1. The van der Waals surface area contributed by atoms with Crippen molar-refractivity contribution in [3.63, 3.8) is 0 Å². The van der Waals surface area contributed by atoms with Crippen molar-refractivity contribution in [3.05, 3.63) is 35.9 Å². The molecule has 2 aliphatic heterocycles. The van der Waals surface area contributed by atoms with Gasteiger partial charge < -0.3 is 10.2 Å². The predicted octanol–water partition coefficient (Wildman–Crippen LogP) is 1.82. The Bertz CT molecular complexity index is 584. The Kier molecular flexibility index (Phi) is 6.08. The van der Waals surface area contributed by atoms with E-state index in [0.29, 0.717) is 6.54 Å². The first kappa shape index (κ1) is 17.9. The van der Waals surface area contributed by atoms with Gasteiger partial charge in [-0.15, -0.1) is 0 Å². The summed E-state index contributed by atoms with van der Waals surface area (Å²) in [5, 5.41) is 3.12. The smallest absolute Gasteiger partial charge is 0.236 e. The predicted molar refractivity (Wildman–Crippen MR) is 98.2 cm³/mol. The van der Waals surface area contributed by atoms with E-state index in [4.69, 9.17) is 0 Å². The molecule has 2 atom stereocenters. The number of carbonyl (C=O) groups excluding carboxylic acids is 2. The average Bonchev–Trinajstić information content (AvgIpc) is 3.13. The third kappa shape index (κ3) is 4.82. The van der Waals surface area contributed by atoms with Crippen LogP contribution >= 0.6 is 0 Å². The van der Waals surface area contributed by atoms with Gasteiger partial charge in [-0.1, -0.05) is 30.3 Å². The second-order valence-electron chi connectivity index (χ2n) is 7.26. The minimum atomic E-state index is 0.00998. The summed E-state index contributed by atoms with van der Waals surface area (Å²) in [4.78, 5) is 28.6. The van der Waals surface area contributed by atoms with Crippen molar-refractivity contribution in [2.45, 2.75) is 51.1 Å². The summed E-state index contributed by atoms with van der Waals surface area (Å²) in [6, 6.07) is 10.6. The van der Waals surface area contributed by atoms with Gasteiger partial charge in [0.1, 0.15) is 0 Å². The van der Waals surface area contributed by atoms with Crippen LogP contribution in [0, 0.1) is 0 Å². The number of hydrogen-bond acceptors (Lipinski definition) is 3. The molecule has 2 saturated heterocycles. The number of likely N-dealkylation sites (tertiary alicyclic amines) is 2. The lowest BCUT2D eigenvalue weighted by atomic mass is 9.90. The molecule has 1 aromatic rings. The highest BCUT2D eigenvalue weighted by Crippen LogP contribution is 2.22. The maximum atomic E-state index is 12.6. The summed E-state index contributed by atoms with van der Waals surface area (Å²) in [6.45, 7) is 4.75. The molecule has 0 saturated carbocycles. The van der Waals surface area contributed by atoms with Gasteiger partial charge in [0, 0.05) is 32.1 Å². The summed E-state index contributed by atoms with van der Waals surface area (Å²) >= 11 is 0. The number of nitrogens with one attached hydrogen (secondary N) is 1. The molecule has 5 nitrogen and oxygen atoms in total. The van der Waals surface area contributed by atoms with Crippen LogP contribution in [0.1, 0.15) is 38.2 Å². The summed E-state index contributed by atoms with van der Waals surface area (Å²) in [5.41, 5.74) is 1.25. The molecule has 2 aliphatic rings. The summed E-state index contributed by atoms with van der Waals surface area (Å²) in [6.07, 6.45) is 5.09. The maximum absolute atomic E-state index is 12.6. The third-order valence-corrected chi connectivity index (χ3v) is 5.37. The lowest BCUT2D eigenvalue weighted by Crippen LogP contribution is -2.57. The van der Waals surface area contributed by atoms with Crippen LogP contribution in [-0.4, -0.2) is 59.9 Å². The number of carbonyl (C=O) groups is 2. The Balaban J connectivity index is 1.72. The van der Waals surface area contributed by atoms with Gasteiger partial charge in [0.25, 0.3) is 0 Å². The molecule has 25 heavy (non-hydrogen) atoms. The Labute approximate surface area is 150 Å². The van der Waals surface area contributed by atoms with Crippen LogP contribution in [0.3, 0.4) is 0 Å². The lowest BCUT2D eigenvalue weighted by molar-refractivity contribution is -0.132. The zero-order valence-electron chi connectivity index (χ0n) is 15.1. The quantitative estimate of drug-likeness (QED) is 0.887.